The average molecular weight is 426 g/mol. The Kier molecular flexibility index (Phi) is 8.29. The number of nitrogens with one attached hydrogen (secondary N) is 1. The Labute approximate surface area is 175 Å². The molecule has 0 spiro atoms. The van der Waals surface area contributed by atoms with Crippen LogP contribution in [0.1, 0.15) is 38.5 Å². The molecule has 2 fully saturated rings. The van der Waals surface area contributed by atoms with Gasteiger partial charge in [0.05, 0.1) is 12.2 Å². The fourth-order valence-corrected chi connectivity index (χ4v) is 4.64. The first-order valence-corrected chi connectivity index (χ1v) is 11.3. The number of hydrogen-bond donors (Lipinski definition) is 1. The molecular formula is C21H29F2N3O2S. The highest BCUT2D eigenvalue weighted by molar-refractivity contribution is 7.99. The second-order valence-electron chi connectivity index (χ2n) is 7.71. The predicted molar refractivity (Wildman–Crippen MR) is 111 cm³/mol. The van der Waals surface area contributed by atoms with Crippen molar-refractivity contribution >= 4 is 29.3 Å². The lowest BCUT2D eigenvalue weighted by molar-refractivity contribution is -0.137. The quantitative estimate of drug-likeness (QED) is 0.699. The standard InChI is InChI=1S/C21H29F2N3O2S/c22-21(23)29-18-8-4-3-7-17(18)24-19(27)15-25-13-9-16(10-14-25)20(28)26-11-5-1-2-6-12-26/h3-4,7-8,16,21H,1-2,5-6,9-15H2,(H,24,27). The number of hydrogen-bond acceptors (Lipinski definition) is 4. The highest BCUT2D eigenvalue weighted by Crippen LogP contribution is 2.31. The molecule has 1 aromatic carbocycles. The van der Waals surface area contributed by atoms with Gasteiger partial charge in [-0.2, -0.15) is 8.78 Å². The number of halogens is 2. The van der Waals surface area contributed by atoms with Crippen molar-refractivity contribution in [2.45, 2.75) is 49.2 Å². The van der Waals surface area contributed by atoms with E-state index >= 15 is 0 Å². The van der Waals surface area contributed by atoms with Gasteiger partial charge < -0.3 is 10.2 Å². The van der Waals surface area contributed by atoms with Crippen molar-refractivity contribution in [3.8, 4) is 0 Å². The topological polar surface area (TPSA) is 52.7 Å². The van der Waals surface area contributed by atoms with Gasteiger partial charge >= 0.3 is 0 Å². The van der Waals surface area contributed by atoms with Crippen LogP contribution in [0, 0.1) is 5.92 Å². The zero-order chi connectivity index (χ0) is 20.6. The first-order valence-electron chi connectivity index (χ1n) is 10.4. The van der Waals surface area contributed by atoms with Crippen LogP contribution in [0.5, 0.6) is 0 Å². The van der Waals surface area contributed by atoms with Crippen molar-refractivity contribution in [3.05, 3.63) is 24.3 Å². The largest absolute Gasteiger partial charge is 0.342 e. The van der Waals surface area contributed by atoms with Crippen molar-refractivity contribution in [2.24, 2.45) is 5.92 Å². The fourth-order valence-electron chi connectivity index (χ4n) is 4.05. The second kappa shape index (κ2) is 10.9. The molecule has 0 atom stereocenters. The molecule has 5 nitrogen and oxygen atoms in total. The summed E-state index contributed by atoms with van der Waals surface area (Å²) in [6.45, 7) is 3.35. The number of thioether (sulfide) groups is 1. The van der Waals surface area contributed by atoms with Gasteiger partial charge in [-0.25, -0.2) is 0 Å². The normalized spacial score (nSPS) is 19.2. The van der Waals surface area contributed by atoms with Crippen LogP contribution in [0.4, 0.5) is 14.5 Å². The lowest BCUT2D eigenvalue weighted by Crippen LogP contribution is -2.44. The summed E-state index contributed by atoms with van der Waals surface area (Å²) < 4.78 is 25.4. The summed E-state index contributed by atoms with van der Waals surface area (Å²) in [5.74, 6) is -2.43. The van der Waals surface area contributed by atoms with Gasteiger partial charge in [0.1, 0.15) is 0 Å². The van der Waals surface area contributed by atoms with E-state index in [-0.39, 0.29) is 24.3 Å². The molecule has 1 N–H and O–H groups in total. The summed E-state index contributed by atoms with van der Waals surface area (Å²) in [6, 6.07) is 6.60. The van der Waals surface area contributed by atoms with Crippen molar-refractivity contribution in [1.82, 2.24) is 9.80 Å². The van der Waals surface area contributed by atoms with Crippen LogP contribution in [0.3, 0.4) is 0 Å². The summed E-state index contributed by atoms with van der Waals surface area (Å²) >= 11 is 0.428. The van der Waals surface area contributed by atoms with E-state index in [9.17, 15) is 18.4 Å². The molecule has 2 saturated heterocycles. The van der Waals surface area contributed by atoms with E-state index in [1.165, 1.54) is 12.8 Å². The molecule has 1 aromatic rings. The van der Waals surface area contributed by atoms with Crippen molar-refractivity contribution < 1.29 is 18.4 Å². The van der Waals surface area contributed by atoms with Gasteiger partial charge in [0.25, 0.3) is 5.76 Å². The van der Waals surface area contributed by atoms with Gasteiger partial charge in [-0.05, 0) is 50.9 Å². The smallest absolute Gasteiger partial charge is 0.288 e. The molecule has 2 amide bonds. The number of benzene rings is 1. The molecule has 0 bridgehead atoms. The maximum Gasteiger partial charge on any atom is 0.288 e. The zero-order valence-corrected chi connectivity index (χ0v) is 17.4. The molecule has 0 aliphatic carbocycles. The van der Waals surface area contributed by atoms with Gasteiger partial charge in [-0.15, -0.1) is 0 Å². The predicted octanol–water partition coefficient (Wildman–Crippen LogP) is 4.05. The molecule has 160 valence electrons. The molecule has 2 heterocycles. The van der Waals surface area contributed by atoms with E-state index in [4.69, 9.17) is 0 Å². The Morgan fingerprint density at radius 1 is 1.03 bits per heavy atom. The van der Waals surface area contributed by atoms with Crippen LogP contribution in [-0.4, -0.2) is 60.1 Å². The number of carbonyl (C=O) groups excluding carboxylic acids is 2. The summed E-state index contributed by atoms with van der Waals surface area (Å²) in [5.41, 5.74) is 0.411. The zero-order valence-electron chi connectivity index (χ0n) is 16.6. The molecule has 0 unspecified atom stereocenters. The summed E-state index contributed by atoms with van der Waals surface area (Å²) in [4.78, 5) is 29.6. The van der Waals surface area contributed by atoms with Gasteiger partial charge in [0, 0.05) is 23.9 Å². The first-order chi connectivity index (χ1) is 14.0. The highest BCUT2D eigenvalue weighted by atomic mass is 32.2. The highest BCUT2D eigenvalue weighted by Gasteiger charge is 2.29. The summed E-state index contributed by atoms with van der Waals surface area (Å²) in [5, 5.41) is 2.75. The number of rotatable bonds is 6. The molecule has 2 aliphatic rings. The van der Waals surface area contributed by atoms with Gasteiger partial charge in [-0.3, -0.25) is 14.5 Å². The maximum absolute atomic E-state index is 12.8. The van der Waals surface area contributed by atoms with E-state index in [1.807, 2.05) is 9.80 Å². The van der Waals surface area contributed by atoms with Crippen LogP contribution in [0.15, 0.2) is 29.2 Å². The minimum absolute atomic E-state index is 0.0515. The van der Waals surface area contributed by atoms with Crippen LogP contribution in [-0.2, 0) is 9.59 Å². The second-order valence-corrected chi connectivity index (χ2v) is 8.74. The van der Waals surface area contributed by atoms with Crippen LogP contribution < -0.4 is 5.32 Å². The Hall–Kier alpha value is -1.67. The lowest BCUT2D eigenvalue weighted by atomic mass is 9.95. The van der Waals surface area contributed by atoms with E-state index < -0.39 is 5.76 Å². The third kappa shape index (κ3) is 6.67. The Bertz CT molecular complexity index is 688. The van der Waals surface area contributed by atoms with Crippen molar-refractivity contribution in [3.63, 3.8) is 0 Å². The fraction of sp³-hybridized carbons (Fsp3) is 0.619. The number of likely N-dealkylation sites (tertiary alicyclic amines) is 2. The molecular weight excluding hydrogens is 396 g/mol. The SMILES string of the molecule is O=C(CN1CCC(C(=O)N2CCCCCC2)CC1)Nc1ccccc1SC(F)F. The van der Waals surface area contributed by atoms with Crippen LogP contribution in [0.2, 0.25) is 0 Å². The maximum atomic E-state index is 12.8. The van der Waals surface area contributed by atoms with Crippen LogP contribution in [0.25, 0.3) is 0 Å². The number of amides is 2. The van der Waals surface area contributed by atoms with Crippen LogP contribution >= 0.6 is 11.8 Å². The molecule has 0 aromatic heterocycles. The number of piperidine rings is 1. The molecule has 29 heavy (non-hydrogen) atoms. The van der Waals surface area contributed by atoms with Gasteiger partial charge in [-0.1, -0.05) is 36.7 Å². The van der Waals surface area contributed by atoms with E-state index in [2.05, 4.69) is 5.32 Å². The van der Waals surface area contributed by atoms with E-state index in [0.717, 1.165) is 38.8 Å². The number of alkyl halides is 2. The Balaban J connectivity index is 1.46. The first kappa shape index (κ1) is 22.0. The van der Waals surface area contributed by atoms with Crippen molar-refractivity contribution in [2.75, 3.05) is 38.0 Å². The number of nitrogens with zero attached hydrogens (tertiary/aromatic N) is 2. The lowest BCUT2D eigenvalue weighted by Gasteiger charge is -2.33. The number of anilines is 1. The van der Waals surface area contributed by atoms with Gasteiger partial charge in [0.2, 0.25) is 11.8 Å². The van der Waals surface area contributed by atoms with E-state index in [0.29, 0.717) is 35.4 Å². The molecule has 0 saturated carbocycles. The third-order valence-corrected chi connectivity index (χ3v) is 6.39. The minimum Gasteiger partial charge on any atom is -0.342 e. The third-order valence-electron chi connectivity index (χ3n) is 5.60. The Morgan fingerprint density at radius 3 is 2.34 bits per heavy atom. The monoisotopic (exact) mass is 425 g/mol. The molecule has 8 heteroatoms. The number of para-hydroxylation sites is 1. The molecule has 2 aliphatic heterocycles. The van der Waals surface area contributed by atoms with E-state index in [1.54, 1.807) is 24.3 Å². The molecule has 0 radical (unpaired) electrons. The minimum atomic E-state index is -2.53. The van der Waals surface area contributed by atoms with Crippen molar-refractivity contribution in [1.29, 1.82) is 0 Å². The Morgan fingerprint density at radius 2 is 1.69 bits per heavy atom. The average Bonchev–Trinajstić information content (AvgIpc) is 2.99. The summed E-state index contributed by atoms with van der Waals surface area (Å²) in [7, 11) is 0. The summed E-state index contributed by atoms with van der Waals surface area (Å²) in [6.07, 6.45) is 6.12. The van der Waals surface area contributed by atoms with Gasteiger partial charge in [0.15, 0.2) is 0 Å². The number of carbonyl (C=O) groups is 2. The molecule has 3 rings (SSSR count).